The van der Waals surface area contributed by atoms with Crippen LogP contribution in [0.1, 0.15) is 16.8 Å². The van der Waals surface area contributed by atoms with Gasteiger partial charge in [0.25, 0.3) is 0 Å². The highest BCUT2D eigenvalue weighted by Gasteiger charge is 2.04. The van der Waals surface area contributed by atoms with Gasteiger partial charge in [0.05, 0.1) is 18.8 Å². The number of hydrogen-bond donors (Lipinski definition) is 2. The minimum Gasteiger partial charge on any atom is -0.492 e. The van der Waals surface area contributed by atoms with Crippen molar-refractivity contribution < 1.29 is 9.53 Å². The maximum absolute atomic E-state index is 11.7. The van der Waals surface area contributed by atoms with Crippen LogP contribution in [0.25, 0.3) is 0 Å². The Bertz CT molecular complexity index is 639. The molecule has 1 aromatic heterocycles. The van der Waals surface area contributed by atoms with Crippen molar-refractivity contribution in [3.05, 3.63) is 58.4 Å². The molecular weight excluding hydrogens is 314 g/mol. The van der Waals surface area contributed by atoms with E-state index in [-0.39, 0.29) is 6.03 Å². The van der Waals surface area contributed by atoms with Crippen LogP contribution in [0.5, 0.6) is 5.75 Å². The maximum atomic E-state index is 11.7. The van der Waals surface area contributed by atoms with Gasteiger partial charge in [-0.1, -0.05) is 17.7 Å². The Morgan fingerprint density at radius 3 is 2.61 bits per heavy atom. The molecule has 0 aliphatic heterocycles. The summed E-state index contributed by atoms with van der Waals surface area (Å²) >= 11 is 6.11. The van der Waals surface area contributed by atoms with Crippen molar-refractivity contribution >= 4 is 17.6 Å². The van der Waals surface area contributed by atoms with Gasteiger partial charge in [-0.25, -0.2) is 4.79 Å². The summed E-state index contributed by atoms with van der Waals surface area (Å²) < 4.78 is 5.62. The lowest BCUT2D eigenvalue weighted by Gasteiger charge is -2.11. The molecule has 6 heteroatoms. The normalized spacial score (nSPS) is 10.2. The van der Waals surface area contributed by atoms with E-state index in [4.69, 9.17) is 16.3 Å². The fourth-order valence-electron chi connectivity index (χ4n) is 2.06. The zero-order chi connectivity index (χ0) is 16.7. The number of aromatic nitrogens is 1. The third-order valence-electron chi connectivity index (χ3n) is 3.22. The van der Waals surface area contributed by atoms with Crippen LogP contribution >= 0.6 is 11.6 Å². The number of nitrogens with one attached hydrogen (secondary N) is 2. The Hall–Kier alpha value is -2.27. The topological polar surface area (TPSA) is 63.2 Å². The van der Waals surface area contributed by atoms with E-state index < -0.39 is 0 Å². The van der Waals surface area contributed by atoms with Crippen molar-refractivity contribution in [2.24, 2.45) is 0 Å². The van der Waals surface area contributed by atoms with Crippen LogP contribution in [-0.4, -0.2) is 24.2 Å². The number of urea groups is 1. The first-order chi connectivity index (χ1) is 11.1. The highest BCUT2D eigenvalue weighted by atomic mass is 35.5. The van der Waals surface area contributed by atoms with Gasteiger partial charge in [-0.15, -0.1) is 0 Å². The molecule has 0 atom stereocenters. The van der Waals surface area contributed by atoms with Gasteiger partial charge >= 0.3 is 6.03 Å². The molecule has 1 aromatic carbocycles. The molecule has 5 nitrogen and oxygen atoms in total. The summed E-state index contributed by atoms with van der Waals surface area (Å²) in [5, 5.41) is 6.23. The zero-order valence-electron chi connectivity index (χ0n) is 13.2. The lowest BCUT2D eigenvalue weighted by molar-refractivity contribution is 0.236. The Labute approximate surface area is 141 Å². The van der Waals surface area contributed by atoms with Crippen molar-refractivity contribution in [2.75, 3.05) is 13.2 Å². The molecule has 2 rings (SSSR count). The second-order valence-electron chi connectivity index (χ2n) is 5.15. The van der Waals surface area contributed by atoms with Crippen molar-refractivity contribution in [3.63, 3.8) is 0 Å². The highest BCUT2D eigenvalue weighted by molar-refractivity contribution is 6.32. The van der Waals surface area contributed by atoms with Crippen molar-refractivity contribution in [1.29, 1.82) is 0 Å². The van der Waals surface area contributed by atoms with Crippen LogP contribution < -0.4 is 15.4 Å². The van der Waals surface area contributed by atoms with Crippen molar-refractivity contribution in [3.8, 4) is 5.75 Å². The predicted molar refractivity (Wildman–Crippen MR) is 90.9 cm³/mol. The molecule has 0 aliphatic rings. The molecule has 0 saturated heterocycles. The van der Waals surface area contributed by atoms with Gasteiger partial charge in [0.15, 0.2) is 0 Å². The average molecular weight is 334 g/mol. The second-order valence-corrected chi connectivity index (χ2v) is 5.53. The van der Waals surface area contributed by atoms with Crippen molar-refractivity contribution in [2.45, 2.75) is 20.4 Å². The largest absolute Gasteiger partial charge is 0.492 e. The molecule has 0 unspecified atom stereocenters. The first-order valence-corrected chi connectivity index (χ1v) is 7.75. The van der Waals surface area contributed by atoms with E-state index in [9.17, 15) is 4.79 Å². The molecule has 0 bridgehead atoms. The van der Waals surface area contributed by atoms with E-state index in [2.05, 4.69) is 15.6 Å². The number of aryl methyl sites for hydroxylation is 2. The van der Waals surface area contributed by atoms with Crippen molar-refractivity contribution in [1.82, 2.24) is 15.6 Å². The Morgan fingerprint density at radius 2 is 1.96 bits per heavy atom. The molecule has 2 N–H and O–H groups in total. The van der Waals surface area contributed by atoms with Crippen LogP contribution in [0.15, 0.2) is 36.5 Å². The number of halogens is 1. The molecule has 0 spiro atoms. The van der Waals surface area contributed by atoms with E-state index in [0.29, 0.717) is 19.7 Å². The number of rotatable bonds is 6. The molecule has 23 heavy (non-hydrogen) atoms. The van der Waals surface area contributed by atoms with Crippen LogP contribution in [0, 0.1) is 13.8 Å². The van der Waals surface area contributed by atoms with E-state index >= 15 is 0 Å². The third kappa shape index (κ3) is 5.45. The molecular formula is C17H20ClN3O2. The number of benzene rings is 1. The van der Waals surface area contributed by atoms with Crippen LogP contribution in [-0.2, 0) is 6.54 Å². The number of hydrogen-bond acceptors (Lipinski definition) is 3. The maximum Gasteiger partial charge on any atom is 0.315 e. The zero-order valence-corrected chi connectivity index (χ0v) is 14.0. The third-order valence-corrected chi connectivity index (χ3v) is 3.82. The standard InChI is InChI=1S/C17H20ClN3O2/c1-12-9-15(10-13(2)16(12)18)23-8-7-20-17(22)21-11-14-5-3-4-6-19-14/h3-6,9-10H,7-8,11H2,1-2H3,(H2,20,21,22). The Morgan fingerprint density at radius 1 is 1.22 bits per heavy atom. The number of carbonyl (C=O) groups is 1. The van der Waals surface area contributed by atoms with E-state index in [1.54, 1.807) is 6.20 Å². The molecule has 0 saturated carbocycles. The molecule has 122 valence electrons. The van der Waals surface area contributed by atoms with Gasteiger partial charge in [-0.3, -0.25) is 4.98 Å². The quantitative estimate of drug-likeness (QED) is 0.798. The molecule has 0 aliphatic carbocycles. The van der Waals surface area contributed by atoms with Crippen LogP contribution in [0.4, 0.5) is 4.79 Å². The van der Waals surface area contributed by atoms with Crippen LogP contribution in [0.2, 0.25) is 5.02 Å². The number of carbonyl (C=O) groups excluding carboxylic acids is 1. The lowest BCUT2D eigenvalue weighted by Crippen LogP contribution is -2.37. The molecule has 0 radical (unpaired) electrons. The predicted octanol–water partition coefficient (Wildman–Crippen LogP) is 3.23. The summed E-state index contributed by atoms with van der Waals surface area (Å²) in [4.78, 5) is 15.8. The Balaban J connectivity index is 1.68. The number of pyridine rings is 1. The van der Waals surface area contributed by atoms with E-state index in [1.165, 1.54) is 0 Å². The number of ether oxygens (including phenoxy) is 1. The SMILES string of the molecule is Cc1cc(OCCNC(=O)NCc2ccccn2)cc(C)c1Cl. The van der Waals surface area contributed by atoms with Crippen LogP contribution in [0.3, 0.4) is 0 Å². The lowest BCUT2D eigenvalue weighted by atomic mass is 10.1. The summed E-state index contributed by atoms with van der Waals surface area (Å²) in [6.07, 6.45) is 1.69. The van der Waals surface area contributed by atoms with Gasteiger partial charge in [0.1, 0.15) is 12.4 Å². The Kier molecular flexibility index (Phi) is 6.23. The summed E-state index contributed by atoms with van der Waals surface area (Å²) in [5.41, 5.74) is 2.76. The molecule has 2 aromatic rings. The summed E-state index contributed by atoms with van der Waals surface area (Å²) in [6.45, 7) is 5.06. The van der Waals surface area contributed by atoms with Gasteiger partial charge in [0.2, 0.25) is 0 Å². The first-order valence-electron chi connectivity index (χ1n) is 7.37. The number of amides is 2. The van der Waals surface area contributed by atoms with Gasteiger partial charge in [-0.2, -0.15) is 0 Å². The van der Waals surface area contributed by atoms with Gasteiger partial charge in [0, 0.05) is 11.2 Å². The van der Waals surface area contributed by atoms with E-state index in [1.807, 2.05) is 44.2 Å². The minimum absolute atomic E-state index is 0.247. The monoisotopic (exact) mass is 333 g/mol. The highest BCUT2D eigenvalue weighted by Crippen LogP contribution is 2.25. The van der Waals surface area contributed by atoms with E-state index in [0.717, 1.165) is 27.6 Å². The fraction of sp³-hybridized carbons (Fsp3) is 0.294. The molecule has 2 amide bonds. The first kappa shape index (κ1) is 17.1. The van der Waals surface area contributed by atoms with Gasteiger partial charge in [-0.05, 0) is 49.2 Å². The van der Waals surface area contributed by atoms with Gasteiger partial charge < -0.3 is 15.4 Å². The summed E-state index contributed by atoms with van der Waals surface area (Å²) in [7, 11) is 0. The summed E-state index contributed by atoms with van der Waals surface area (Å²) in [5.74, 6) is 0.750. The second kappa shape index (κ2) is 8.39. The summed E-state index contributed by atoms with van der Waals surface area (Å²) in [6, 6.07) is 9.09. The number of nitrogens with zero attached hydrogens (tertiary/aromatic N) is 1. The minimum atomic E-state index is -0.247. The molecule has 0 fully saturated rings. The molecule has 1 heterocycles. The smallest absolute Gasteiger partial charge is 0.315 e. The fourth-order valence-corrected chi connectivity index (χ4v) is 2.17. The average Bonchev–Trinajstić information content (AvgIpc) is 2.55.